The predicted octanol–water partition coefficient (Wildman–Crippen LogP) is 1.69. The Kier molecular flexibility index (Phi) is 5.82. The zero-order valence-electron chi connectivity index (χ0n) is 13.0. The van der Waals surface area contributed by atoms with Crippen molar-refractivity contribution in [3.05, 3.63) is 23.8 Å². The van der Waals surface area contributed by atoms with Crippen LogP contribution in [0.1, 0.15) is 24.2 Å². The third kappa shape index (κ3) is 3.87. The third-order valence-electron chi connectivity index (χ3n) is 3.22. The quantitative estimate of drug-likeness (QED) is 0.805. The van der Waals surface area contributed by atoms with Gasteiger partial charge >= 0.3 is 0 Å². The van der Waals surface area contributed by atoms with Gasteiger partial charge in [-0.2, -0.15) is 0 Å². The van der Waals surface area contributed by atoms with Crippen LogP contribution in [0.15, 0.2) is 18.2 Å². The fourth-order valence-electron chi connectivity index (χ4n) is 2.33. The Balaban J connectivity index is 3.04. The van der Waals surface area contributed by atoms with Gasteiger partial charge in [-0.05, 0) is 46.1 Å². The number of methoxy groups -OCH3 is 1. The largest absolute Gasteiger partial charge is 0.496 e. The summed E-state index contributed by atoms with van der Waals surface area (Å²) in [5.74, 6) is 0.505. The predicted molar refractivity (Wildman–Crippen MR) is 82.1 cm³/mol. The molecule has 1 atom stereocenters. The van der Waals surface area contributed by atoms with Crippen molar-refractivity contribution in [2.24, 2.45) is 0 Å². The lowest BCUT2D eigenvalue weighted by molar-refractivity contribution is 0.0676. The van der Waals surface area contributed by atoms with Crippen LogP contribution in [0, 0.1) is 0 Å². The number of benzene rings is 1. The van der Waals surface area contributed by atoms with Gasteiger partial charge in [-0.3, -0.25) is 4.79 Å². The summed E-state index contributed by atoms with van der Waals surface area (Å²) in [4.78, 5) is 16.6. The minimum Gasteiger partial charge on any atom is -0.496 e. The molecule has 0 saturated carbocycles. The molecular formula is C15H25N3O2. The summed E-state index contributed by atoms with van der Waals surface area (Å²) in [6.45, 7) is 5.47. The van der Waals surface area contributed by atoms with Gasteiger partial charge in [0.2, 0.25) is 0 Å². The van der Waals surface area contributed by atoms with Crippen molar-refractivity contribution in [3.63, 3.8) is 0 Å². The molecule has 0 aliphatic carbocycles. The van der Waals surface area contributed by atoms with E-state index < -0.39 is 0 Å². The lowest BCUT2D eigenvalue weighted by Gasteiger charge is -2.30. The van der Waals surface area contributed by atoms with Gasteiger partial charge in [-0.25, -0.2) is 0 Å². The zero-order chi connectivity index (χ0) is 15.3. The van der Waals surface area contributed by atoms with Gasteiger partial charge in [-0.15, -0.1) is 0 Å². The van der Waals surface area contributed by atoms with E-state index in [2.05, 4.69) is 4.90 Å². The van der Waals surface area contributed by atoms with Crippen LogP contribution in [0.5, 0.6) is 5.75 Å². The molecule has 0 bridgehead atoms. The average molecular weight is 279 g/mol. The minimum atomic E-state index is -0.0500. The van der Waals surface area contributed by atoms with E-state index in [0.29, 0.717) is 23.5 Å². The fraction of sp³-hybridized carbons (Fsp3) is 0.533. The number of carbonyl (C=O) groups excluding carboxylic acids is 1. The molecule has 112 valence electrons. The topological polar surface area (TPSA) is 58.8 Å². The van der Waals surface area contributed by atoms with Crippen molar-refractivity contribution < 1.29 is 9.53 Å². The number of nitrogens with two attached hydrogens (primary N) is 1. The molecule has 0 aliphatic rings. The van der Waals surface area contributed by atoms with Crippen LogP contribution < -0.4 is 10.5 Å². The van der Waals surface area contributed by atoms with Crippen molar-refractivity contribution in [1.82, 2.24) is 9.80 Å². The van der Waals surface area contributed by atoms with Crippen LogP contribution in [0.4, 0.5) is 5.69 Å². The Morgan fingerprint density at radius 2 is 2.05 bits per heavy atom. The number of carbonyl (C=O) groups is 1. The van der Waals surface area contributed by atoms with Crippen molar-refractivity contribution in [1.29, 1.82) is 0 Å². The molecule has 1 aromatic rings. The number of hydrogen-bond donors (Lipinski definition) is 1. The highest BCUT2D eigenvalue weighted by Gasteiger charge is 2.23. The van der Waals surface area contributed by atoms with Crippen LogP contribution in [-0.2, 0) is 0 Å². The number of anilines is 1. The van der Waals surface area contributed by atoms with E-state index in [1.54, 1.807) is 25.3 Å². The third-order valence-corrected chi connectivity index (χ3v) is 3.22. The van der Waals surface area contributed by atoms with Crippen LogP contribution in [0.25, 0.3) is 0 Å². The molecule has 5 heteroatoms. The van der Waals surface area contributed by atoms with E-state index in [1.807, 2.05) is 32.8 Å². The van der Waals surface area contributed by atoms with E-state index in [0.717, 1.165) is 6.54 Å². The average Bonchev–Trinajstić information content (AvgIpc) is 2.38. The van der Waals surface area contributed by atoms with E-state index in [1.165, 1.54) is 0 Å². The number of amides is 1. The lowest BCUT2D eigenvalue weighted by atomic mass is 10.1. The van der Waals surface area contributed by atoms with Gasteiger partial charge in [-0.1, -0.05) is 0 Å². The molecular weight excluding hydrogens is 254 g/mol. The van der Waals surface area contributed by atoms with Gasteiger partial charge in [0.1, 0.15) is 5.75 Å². The number of hydrogen-bond acceptors (Lipinski definition) is 4. The summed E-state index contributed by atoms with van der Waals surface area (Å²) in [5, 5.41) is 0. The van der Waals surface area contributed by atoms with Crippen LogP contribution in [0.3, 0.4) is 0 Å². The maximum absolute atomic E-state index is 12.7. The molecule has 0 saturated heterocycles. The van der Waals surface area contributed by atoms with Gasteiger partial charge in [0.25, 0.3) is 5.91 Å². The molecule has 5 nitrogen and oxygen atoms in total. The highest BCUT2D eigenvalue weighted by atomic mass is 16.5. The Morgan fingerprint density at radius 3 is 2.55 bits per heavy atom. The summed E-state index contributed by atoms with van der Waals surface area (Å²) in [7, 11) is 5.55. The first-order chi connectivity index (χ1) is 9.40. The van der Waals surface area contributed by atoms with Gasteiger partial charge in [0, 0.05) is 24.8 Å². The summed E-state index contributed by atoms with van der Waals surface area (Å²) in [6, 6.07) is 5.25. The highest BCUT2D eigenvalue weighted by molar-refractivity contribution is 5.98. The second kappa shape index (κ2) is 7.14. The molecule has 0 radical (unpaired) electrons. The fourth-order valence-corrected chi connectivity index (χ4v) is 2.33. The molecule has 0 heterocycles. The number of likely N-dealkylation sites (N-methyl/N-ethyl adjacent to an activating group) is 2. The summed E-state index contributed by atoms with van der Waals surface area (Å²) < 4.78 is 5.26. The SMILES string of the molecule is CCN(C(=O)c1cc(N)ccc1OC)C(C)CN(C)C. The standard InChI is InChI=1S/C15H25N3O2/c1-6-18(11(2)10-17(3)4)15(19)13-9-12(16)7-8-14(13)20-5/h7-9,11H,6,10,16H2,1-5H3. The number of ether oxygens (including phenoxy) is 1. The maximum Gasteiger partial charge on any atom is 0.257 e. The molecule has 0 aromatic heterocycles. The first kappa shape index (κ1) is 16.3. The van der Waals surface area contributed by atoms with E-state index in [4.69, 9.17) is 10.5 Å². The highest BCUT2D eigenvalue weighted by Crippen LogP contribution is 2.23. The van der Waals surface area contributed by atoms with Gasteiger partial charge in [0.15, 0.2) is 0 Å². The van der Waals surface area contributed by atoms with Crippen LogP contribution >= 0.6 is 0 Å². The molecule has 0 fully saturated rings. The van der Waals surface area contributed by atoms with E-state index >= 15 is 0 Å². The summed E-state index contributed by atoms with van der Waals surface area (Å²) >= 11 is 0. The smallest absolute Gasteiger partial charge is 0.257 e. The van der Waals surface area contributed by atoms with E-state index in [-0.39, 0.29) is 11.9 Å². The second-order valence-corrected chi connectivity index (χ2v) is 5.16. The number of nitrogen functional groups attached to an aromatic ring is 1. The molecule has 1 unspecified atom stereocenters. The van der Waals surface area contributed by atoms with Crippen molar-refractivity contribution in [2.45, 2.75) is 19.9 Å². The Hall–Kier alpha value is -1.75. The molecule has 1 amide bonds. The first-order valence-corrected chi connectivity index (χ1v) is 6.79. The van der Waals surface area contributed by atoms with Crippen LogP contribution in [0.2, 0.25) is 0 Å². The molecule has 1 aromatic carbocycles. The molecule has 0 aliphatic heterocycles. The number of rotatable bonds is 6. The zero-order valence-corrected chi connectivity index (χ0v) is 13.0. The minimum absolute atomic E-state index is 0.0500. The Bertz CT molecular complexity index is 460. The summed E-state index contributed by atoms with van der Waals surface area (Å²) in [6.07, 6.45) is 0. The molecule has 0 spiro atoms. The van der Waals surface area contributed by atoms with Gasteiger partial charge in [0.05, 0.1) is 12.7 Å². The van der Waals surface area contributed by atoms with E-state index in [9.17, 15) is 4.79 Å². The second-order valence-electron chi connectivity index (χ2n) is 5.16. The monoisotopic (exact) mass is 279 g/mol. The van der Waals surface area contributed by atoms with Crippen molar-refractivity contribution in [3.8, 4) is 5.75 Å². The van der Waals surface area contributed by atoms with Crippen molar-refractivity contribution >= 4 is 11.6 Å². The summed E-state index contributed by atoms with van der Waals surface area (Å²) in [5.41, 5.74) is 6.86. The lowest BCUT2D eigenvalue weighted by Crippen LogP contribution is -2.43. The van der Waals surface area contributed by atoms with Crippen molar-refractivity contribution in [2.75, 3.05) is 40.0 Å². The van der Waals surface area contributed by atoms with Crippen LogP contribution in [-0.4, -0.2) is 56.0 Å². The Labute approximate surface area is 121 Å². The molecule has 1 rings (SSSR count). The molecule has 2 N–H and O–H groups in total. The Morgan fingerprint density at radius 1 is 1.40 bits per heavy atom. The number of nitrogens with zero attached hydrogens (tertiary/aromatic N) is 2. The maximum atomic E-state index is 12.7. The molecule has 20 heavy (non-hydrogen) atoms. The van der Waals surface area contributed by atoms with Gasteiger partial charge < -0.3 is 20.3 Å². The first-order valence-electron chi connectivity index (χ1n) is 6.79. The normalized spacial score (nSPS) is 12.3.